The molecule has 3 aromatic rings. The summed E-state index contributed by atoms with van der Waals surface area (Å²) in [6.07, 6.45) is 2.57. The van der Waals surface area contributed by atoms with Crippen molar-refractivity contribution in [1.29, 1.82) is 0 Å². The second kappa shape index (κ2) is 5.96. The fourth-order valence-corrected chi connectivity index (χ4v) is 2.78. The second-order valence-corrected chi connectivity index (χ2v) is 5.44. The number of nitrogens with zero attached hydrogens (tertiary/aromatic N) is 2. The van der Waals surface area contributed by atoms with Crippen molar-refractivity contribution in [2.75, 3.05) is 7.11 Å². The molecule has 0 aliphatic heterocycles. The van der Waals surface area contributed by atoms with Crippen LogP contribution in [0.4, 0.5) is 0 Å². The highest BCUT2D eigenvalue weighted by Crippen LogP contribution is 2.21. The van der Waals surface area contributed by atoms with Crippen LogP contribution in [0.5, 0.6) is 5.75 Å². The maximum Gasteiger partial charge on any atom is 0.137 e. The number of hydrogen-bond acceptors (Lipinski definition) is 2. The number of fused-ring (bicyclic) bond motifs is 1. The van der Waals surface area contributed by atoms with E-state index in [0.29, 0.717) is 10.9 Å². The third-order valence-corrected chi connectivity index (χ3v) is 3.90. The molecule has 0 N–H and O–H groups in total. The molecule has 0 radical (unpaired) electrons. The maximum atomic E-state index is 6.09. The summed E-state index contributed by atoms with van der Waals surface area (Å²) in [5.41, 5.74) is 3.97. The van der Waals surface area contributed by atoms with E-state index in [0.717, 1.165) is 34.8 Å². The molecule has 0 saturated heterocycles. The van der Waals surface area contributed by atoms with Crippen molar-refractivity contribution in [1.82, 2.24) is 9.38 Å². The normalized spacial score (nSPS) is 11.0. The minimum Gasteiger partial charge on any atom is -0.497 e. The van der Waals surface area contributed by atoms with Gasteiger partial charge in [-0.1, -0.05) is 23.7 Å². The number of imidazole rings is 1. The van der Waals surface area contributed by atoms with Gasteiger partial charge < -0.3 is 9.14 Å². The van der Waals surface area contributed by atoms with Crippen molar-refractivity contribution in [3.05, 3.63) is 64.6 Å². The first kappa shape index (κ1) is 14.2. The maximum absolute atomic E-state index is 6.09. The third-order valence-electron chi connectivity index (χ3n) is 3.42. The van der Waals surface area contributed by atoms with E-state index in [1.807, 2.05) is 47.0 Å². The third kappa shape index (κ3) is 2.85. The number of aromatic nitrogens is 2. The zero-order chi connectivity index (χ0) is 14.8. The van der Waals surface area contributed by atoms with E-state index < -0.39 is 0 Å². The largest absolute Gasteiger partial charge is 0.497 e. The lowest BCUT2D eigenvalue weighted by Crippen LogP contribution is -1.95. The molecule has 0 spiro atoms. The highest BCUT2D eigenvalue weighted by Gasteiger charge is 2.12. The molecule has 5 heteroatoms. The predicted octanol–water partition coefficient (Wildman–Crippen LogP) is 4.33. The Bertz CT molecular complexity index is 766. The SMILES string of the molecule is COc1ccc(Cc2nc3ccc(Cl)cn3c2CCl)cc1. The number of rotatable bonds is 4. The molecule has 0 saturated carbocycles. The van der Waals surface area contributed by atoms with Crippen LogP contribution in [0.3, 0.4) is 0 Å². The van der Waals surface area contributed by atoms with Gasteiger partial charge in [-0.15, -0.1) is 11.6 Å². The smallest absolute Gasteiger partial charge is 0.137 e. The topological polar surface area (TPSA) is 26.5 Å². The molecule has 0 unspecified atom stereocenters. The summed E-state index contributed by atoms with van der Waals surface area (Å²) < 4.78 is 7.12. The van der Waals surface area contributed by atoms with Crippen LogP contribution in [0, 0.1) is 0 Å². The molecule has 0 aliphatic carbocycles. The molecule has 0 bridgehead atoms. The van der Waals surface area contributed by atoms with Crippen LogP contribution in [-0.4, -0.2) is 16.5 Å². The van der Waals surface area contributed by atoms with Crippen molar-refractivity contribution in [3.8, 4) is 5.75 Å². The minimum atomic E-state index is 0.396. The van der Waals surface area contributed by atoms with Gasteiger partial charge in [-0.25, -0.2) is 4.98 Å². The minimum absolute atomic E-state index is 0.396. The summed E-state index contributed by atoms with van der Waals surface area (Å²) in [7, 11) is 1.66. The van der Waals surface area contributed by atoms with Crippen molar-refractivity contribution in [2.45, 2.75) is 12.3 Å². The highest BCUT2D eigenvalue weighted by molar-refractivity contribution is 6.30. The van der Waals surface area contributed by atoms with Gasteiger partial charge in [0.2, 0.25) is 0 Å². The van der Waals surface area contributed by atoms with Gasteiger partial charge in [0, 0.05) is 12.6 Å². The van der Waals surface area contributed by atoms with Gasteiger partial charge in [-0.05, 0) is 29.8 Å². The van der Waals surface area contributed by atoms with E-state index in [2.05, 4.69) is 4.98 Å². The van der Waals surface area contributed by atoms with Crippen molar-refractivity contribution in [2.24, 2.45) is 0 Å². The molecule has 21 heavy (non-hydrogen) atoms. The number of halogens is 2. The Hall–Kier alpha value is -1.71. The number of ether oxygens (including phenoxy) is 1. The fraction of sp³-hybridized carbons (Fsp3) is 0.188. The van der Waals surface area contributed by atoms with Crippen molar-refractivity contribution >= 4 is 28.8 Å². The molecule has 2 heterocycles. The first-order chi connectivity index (χ1) is 10.2. The summed E-state index contributed by atoms with van der Waals surface area (Å²) in [5.74, 6) is 1.24. The van der Waals surface area contributed by atoms with Gasteiger partial charge in [0.05, 0.1) is 29.4 Å². The molecule has 1 aromatic carbocycles. The Morgan fingerprint density at radius 2 is 1.90 bits per heavy atom. The summed E-state index contributed by atoms with van der Waals surface area (Å²) >= 11 is 12.1. The molecule has 0 atom stereocenters. The first-order valence-electron chi connectivity index (χ1n) is 6.55. The van der Waals surface area contributed by atoms with Gasteiger partial charge in [0.1, 0.15) is 11.4 Å². The number of hydrogen-bond donors (Lipinski definition) is 0. The number of pyridine rings is 1. The van der Waals surface area contributed by atoms with Gasteiger partial charge in [0.15, 0.2) is 0 Å². The summed E-state index contributed by atoms with van der Waals surface area (Å²) in [6.45, 7) is 0. The quantitative estimate of drug-likeness (QED) is 0.669. The zero-order valence-corrected chi connectivity index (χ0v) is 13.0. The Morgan fingerprint density at radius 1 is 1.14 bits per heavy atom. The van der Waals surface area contributed by atoms with E-state index in [-0.39, 0.29) is 0 Å². The van der Waals surface area contributed by atoms with Gasteiger partial charge in [-0.2, -0.15) is 0 Å². The standard InChI is InChI=1S/C16H14Cl2N2O/c1-21-13-5-2-11(3-6-13)8-14-15(9-17)20-10-12(18)4-7-16(20)19-14/h2-7,10H,8-9H2,1H3. The number of alkyl halides is 1. The lowest BCUT2D eigenvalue weighted by Gasteiger charge is -2.04. The molecule has 3 nitrogen and oxygen atoms in total. The fourth-order valence-electron chi connectivity index (χ4n) is 2.34. The number of benzene rings is 1. The lowest BCUT2D eigenvalue weighted by atomic mass is 10.1. The van der Waals surface area contributed by atoms with E-state index in [9.17, 15) is 0 Å². The molecular formula is C16H14Cl2N2O. The Morgan fingerprint density at radius 3 is 2.57 bits per heavy atom. The summed E-state index contributed by atoms with van der Waals surface area (Å²) in [6, 6.07) is 11.7. The van der Waals surface area contributed by atoms with Crippen LogP contribution in [0.2, 0.25) is 5.02 Å². The second-order valence-electron chi connectivity index (χ2n) is 4.74. The van der Waals surface area contributed by atoms with E-state index >= 15 is 0 Å². The highest BCUT2D eigenvalue weighted by atomic mass is 35.5. The number of methoxy groups -OCH3 is 1. The Labute approximate surface area is 133 Å². The summed E-state index contributed by atoms with van der Waals surface area (Å²) in [5, 5.41) is 0.669. The zero-order valence-electron chi connectivity index (χ0n) is 11.5. The van der Waals surface area contributed by atoms with Crippen LogP contribution >= 0.6 is 23.2 Å². The molecule has 2 aromatic heterocycles. The van der Waals surface area contributed by atoms with Crippen molar-refractivity contribution < 1.29 is 4.74 Å². The molecule has 0 fully saturated rings. The Kier molecular flexibility index (Phi) is 4.04. The van der Waals surface area contributed by atoms with Gasteiger partial charge >= 0.3 is 0 Å². The van der Waals surface area contributed by atoms with Crippen LogP contribution in [-0.2, 0) is 12.3 Å². The summed E-state index contributed by atoms with van der Waals surface area (Å²) in [4.78, 5) is 4.65. The van der Waals surface area contributed by atoms with Gasteiger partial charge in [0.25, 0.3) is 0 Å². The van der Waals surface area contributed by atoms with Crippen LogP contribution in [0.15, 0.2) is 42.6 Å². The molecule has 3 rings (SSSR count). The lowest BCUT2D eigenvalue weighted by molar-refractivity contribution is 0.414. The molecule has 108 valence electrons. The Balaban J connectivity index is 1.99. The first-order valence-corrected chi connectivity index (χ1v) is 7.47. The average molecular weight is 321 g/mol. The molecule has 0 amide bonds. The van der Waals surface area contributed by atoms with Crippen molar-refractivity contribution in [3.63, 3.8) is 0 Å². The monoisotopic (exact) mass is 320 g/mol. The van der Waals surface area contributed by atoms with Crippen LogP contribution in [0.25, 0.3) is 5.65 Å². The van der Waals surface area contributed by atoms with E-state index in [1.54, 1.807) is 7.11 Å². The van der Waals surface area contributed by atoms with E-state index in [1.165, 1.54) is 0 Å². The molecular weight excluding hydrogens is 307 g/mol. The van der Waals surface area contributed by atoms with Crippen LogP contribution < -0.4 is 4.74 Å². The van der Waals surface area contributed by atoms with Crippen LogP contribution in [0.1, 0.15) is 17.0 Å². The molecule has 0 aliphatic rings. The average Bonchev–Trinajstić information content (AvgIpc) is 2.84. The van der Waals surface area contributed by atoms with Gasteiger partial charge in [-0.3, -0.25) is 0 Å². The predicted molar refractivity (Wildman–Crippen MR) is 85.6 cm³/mol. The van der Waals surface area contributed by atoms with E-state index in [4.69, 9.17) is 27.9 Å².